The van der Waals surface area contributed by atoms with Gasteiger partial charge in [0.1, 0.15) is 4.90 Å². The van der Waals surface area contributed by atoms with Gasteiger partial charge in [0, 0.05) is 24.4 Å². The van der Waals surface area contributed by atoms with Crippen LogP contribution in [0.25, 0.3) is 11.0 Å². The van der Waals surface area contributed by atoms with Gasteiger partial charge in [-0.05, 0) is 49.2 Å². The third-order valence-electron chi connectivity index (χ3n) is 4.78. The Morgan fingerprint density at radius 1 is 1.17 bits per heavy atom. The van der Waals surface area contributed by atoms with E-state index in [1.165, 1.54) is 18.2 Å². The predicted octanol–water partition coefficient (Wildman–Crippen LogP) is 2.22. The van der Waals surface area contributed by atoms with Gasteiger partial charge in [-0.1, -0.05) is 11.6 Å². The number of amides is 1. The summed E-state index contributed by atoms with van der Waals surface area (Å²) in [5.74, 6) is -0.514. The van der Waals surface area contributed by atoms with E-state index in [9.17, 15) is 18.0 Å². The minimum Gasteiger partial charge on any atom is -0.377 e. The molecular formula is C19H19ClN4O5S. The molecule has 2 aromatic carbocycles. The van der Waals surface area contributed by atoms with Crippen LogP contribution in [-0.2, 0) is 14.8 Å². The summed E-state index contributed by atoms with van der Waals surface area (Å²) in [7, 11) is -3.92. The first-order chi connectivity index (χ1) is 14.3. The Morgan fingerprint density at radius 3 is 2.73 bits per heavy atom. The number of carbonyl (C=O) groups is 1. The highest BCUT2D eigenvalue weighted by atomic mass is 35.5. The molecule has 1 saturated heterocycles. The first-order valence-corrected chi connectivity index (χ1v) is 11.1. The normalized spacial score (nSPS) is 16.8. The fraction of sp³-hybridized carbons (Fsp3) is 0.263. The first kappa shape index (κ1) is 20.6. The van der Waals surface area contributed by atoms with Crippen LogP contribution in [0.3, 0.4) is 0 Å². The maximum Gasteiger partial charge on any atom is 0.323 e. The summed E-state index contributed by atoms with van der Waals surface area (Å²) in [6.07, 6.45) is 1.51. The highest BCUT2D eigenvalue weighted by Gasteiger charge is 2.23. The predicted molar refractivity (Wildman–Crippen MR) is 112 cm³/mol. The smallest absolute Gasteiger partial charge is 0.323 e. The van der Waals surface area contributed by atoms with Crippen molar-refractivity contribution in [3.05, 3.63) is 57.5 Å². The number of hydrogen-bond donors (Lipinski definition) is 4. The molecule has 0 aliphatic carbocycles. The van der Waals surface area contributed by atoms with Gasteiger partial charge in [-0.25, -0.2) is 17.9 Å². The third-order valence-corrected chi connectivity index (χ3v) is 6.69. The first-order valence-electron chi connectivity index (χ1n) is 9.26. The quantitative estimate of drug-likeness (QED) is 0.457. The summed E-state index contributed by atoms with van der Waals surface area (Å²) in [5, 5.41) is 2.69. The molecule has 1 unspecified atom stereocenters. The minimum absolute atomic E-state index is 0.0118. The maximum absolute atomic E-state index is 12.7. The fourth-order valence-electron chi connectivity index (χ4n) is 3.25. The summed E-state index contributed by atoms with van der Waals surface area (Å²) in [4.78, 5) is 29.0. The summed E-state index contributed by atoms with van der Waals surface area (Å²) >= 11 is 6.09. The monoisotopic (exact) mass is 450 g/mol. The lowest BCUT2D eigenvalue weighted by atomic mass is 10.2. The molecule has 1 amide bonds. The number of fused-ring (bicyclic) bond motifs is 1. The fourth-order valence-corrected chi connectivity index (χ4v) is 4.84. The number of imidazole rings is 1. The van der Waals surface area contributed by atoms with Gasteiger partial charge in [0.15, 0.2) is 0 Å². The van der Waals surface area contributed by atoms with Crippen LogP contribution in [-0.4, -0.2) is 43.5 Å². The Morgan fingerprint density at radius 2 is 1.97 bits per heavy atom. The SMILES string of the molecule is O=C(Nc1ccc2[nH]c(=O)[nH]c2c1)c1ccc(Cl)c(S(=O)(=O)NCC2CCCO2)c1. The van der Waals surface area contributed by atoms with E-state index in [4.69, 9.17) is 16.3 Å². The Labute approximate surface area is 176 Å². The second kappa shape index (κ2) is 8.23. The van der Waals surface area contributed by atoms with Gasteiger partial charge in [-0.3, -0.25) is 4.79 Å². The summed E-state index contributed by atoms with van der Waals surface area (Å²) in [5.41, 5.74) is 1.36. The van der Waals surface area contributed by atoms with Crippen LogP contribution in [0.2, 0.25) is 5.02 Å². The van der Waals surface area contributed by atoms with E-state index in [0.717, 1.165) is 12.8 Å². The number of H-pyrrole nitrogens is 2. The van der Waals surface area contributed by atoms with Crippen LogP contribution in [0.5, 0.6) is 0 Å². The lowest BCUT2D eigenvalue weighted by molar-refractivity contribution is 0.102. The van der Waals surface area contributed by atoms with Gasteiger partial charge in [0.25, 0.3) is 5.91 Å². The topological polar surface area (TPSA) is 133 Å². The Bertz CT molecular complexity index is 1260. The standard InChI is InChI=1S/C19H19ClN4O5S/c20-14-5-3-11(8-17(14)30(27,28)21-10-13-2-1-7-29-13)18(25)22-12-4-6-15-16(9-12)24-19(26)23-15/h3-6,8-9,13,21H,1-2,7,10H2,(H,22,25)(H2,23,24,26). The molecule has 4 rings (SSSR count). The van der Waals surface area contributed by atoms with Crippen molar-refractivity contribution in [2.24, 2.45) is 0 Å². The van der Waals surface area contributed by atoms with Crippen molar-refractivity contribution in [1.82, 2.24) is 14.7 Å². The molecule has 9 nitrogen and oxygen atoms in total. The number of nitrogens with one attached hydrogen (secondary N) is 4. The van der Waals surface area contributed by atoms with E-state index in [2.05, 4.69) is 20.0 Å². The van der Waals surface area contributed by atoms with Crippen molar-refractivity contribution < 1.29 is 17.9 Å². The molecule has 1 aliphatic heterocycles. The molecule has 0 spiro atoms. The van der Waals surface area contributed by atoms with Gasteiger partial charge < -0.3 is 20.0 Å². The van der Waals surface area contributed by atoms with Crippen molar-refractivity contribution in [2.75, 3.05) is 18.5 Å². The molecule has 158 valence electrons. The molecule has 30 heavy (non-hydrogen) atoms. The molecule has 11 heteroatoms. The highest BCUT2D eigenvalue weighted by Crippen LogP contribution is 2.24. The van der Waals surface area contributed by atoms with Crippen molar-refractivity contribution in [3.63, 3.8) is 0 Å². The molecule has 3 aromatic rings. The molecule has 2 heterocycles. The number of carbonyl (C=O) groups excluding carboxylic acids is 1. The van der Waals surface area contributed by atoms with Gasteiger partial charge >= 0.3 is 5.69 Å². The van der Waals surface area contributed by atoms with E-state index in [1.807, 2.05) is 0 Å². The van der Waals surface area contributed by atoms with Gasteiger partial charge in [-0.2, -0.15) is 0 Å². The van der Waals surface area contributed by atoms with Crippen molar-refractivity contribution >= 4 is 44.3 Å². The van der Waals surface area contributed by atoms with Crippen LogP contribution in [0.1, 0.15) is 23.2 Å². The van der Waals surface area contributed by atoms with Crippen molar-refractivity contribution in [3.8, 4) is 0 Å². The Kier molecular flexibility index (Phi) is 5.65. The average molecular weight is 451 g/mol. The van der Waals surface area contributed by atoms with Crippen LogP contribution >= 0.6 is 11.6 Å². The Hall–Kier alpha value is -2.66. The van der Waals surface area contributed by atoms with E-state index in [0.29, 0.717) is 23.3 Å². The van der Waals surface area contributed by atoms with Crippen molar-refractivity contribution in [2.45, 2.75) is 23.8 Å². The number of aromatic nitrogens is 2. The van der Waals surface area contributed by atoms with E-state index in [1.54, 1.807) is 18.2 Å². The summed E-state index contributed by atoms with van der Waals surface area (Å²) in [6.45, 7) is 0.759. The number of hydrogen-bond acceptors (Lipinski definition) is 5. The molecular weight excluding hydrogens is 432 g/mol. The number of rotatable bonds is 6. The highest BCUT2D eigenvalue weighted by molar-refractivity contribution is 7.89. The van der Waals surface area contributed by atoms with Crippen molar-refractivity contribution in [1.29, 1.82) is 0 Å². The zero-order valence-electron chi connectivity index (χ0n) is 15.7. The van der Waals surface area contributed by atoms with Crippen LogP contribution in [0, 0.1) is 0 Å². The number of anilines is 1. The number of sulfonamides is 1. The largest absolute Gasteiger partial charge is 0.377 e. The Balaban J connectivity index is 1.53. The molecule has 0 saturated carbocycles. The van der Waals surface area contributed by atoms with Crippen LogP contribution < -0.4 is 15.7 Å². The number of halogens is 1. The number of benzene rings is 2. The summed E-state index contributed by atoms with van der Waals surface area (Å²) in [6, 6.07) is 8.90. The van der Waals surface area contributed by atoms with Crippen LogP contribution in [0.4, 0.5) is 5.69 Å². The molecule has 1 aromatic heterocycles. The van der Waals surface area contributed by atoms with Crippen LogP contribution in [0.15, 0.2) is 46.1 Å². The lowest BCUT2D eigenvalue weighted by Gasteiger charge is -2.13. The molecule has 0 radical (unpaired) electrons. The molecule has 1 atom stereocenters. The van der Waals surface area contributed by atoms with Gasteiger partial charge in [0.05, 0.1) is 22.2 Å². The molecule has 0 bridgehead atoms. The van der Waals surface area contributed by atoms with E-state index >= 15 is 0 Å². The van der Waals surface area contributed by atoms with E-state index < -0.39 is 15.9 Å². The second-order valence-electron chi connectivity index (χ2n) is 6.93. The molecule has 1 fully saturated rings. The number of aromatic amines is 2. The third kappa shape index (κ3) is 4.41. The van der Waals surface area contributed by atoms with Gasteiger partial charge in [0.2, 0.25) is 10.0 Å². The molecule has 1 aliphatic rings. The molecule has 4 N–H and O–H groups in total. The maximum atomic E-state index is 12.7. The van der Waals surface area contributed by atoms with Gasteiger partial charge in [-0.15, -0.1) is 0 Å². The number of ether oxygens (including phenoxy) is 1. The second-order valence-corrected chi connectivity index (χ2v) is 9.07. The summed E-state index contributed by atoms with van der Waals surface area (Å²) < 4.78 is 33.3. The lowest BCUT2D eigenvalue weighted by Crippen LogP contribution is -2.32. The zero-order chi connectivity index (χ0) is 21.3. The van der Waals surface area contributed by atoms with E-state index in [-0.39, 0.29) is 33.8 Å². The average Bonchev–Trinajstić information content (AvgIpc) is 3.35. The zero-order valence-corrected chi connectivity index (χ0v) is 17.3. The minimum atomic E-state index is -3.92.